The summed E-state index contributed by atoms with van der Waals surface area (Å²) in [6.45, 7) is 5.90. The molecule has 0 saturated carbocycles. The van der Waals surface area contributed by atoms with E-state index in [-0.39, 0.29) is 5.75 Å². The predicted molar refractivity (Wildman–Crippen MR) is 71.1 cm³/mol. The molecule has 0 heterocycles. The summed E-state index contributed by atoms with van der Waals surface area (Å²) in [6.07, 6.45) is 0. The average molecular weight is 255 g/mol. The smallest absolute Gasteiger partial charge is 0.178 e. The van der Waals surface area contributed by atoms with E-state index in [4.69, 9.17) is 0 Å². The summed E-state index contributed by atoms with van der Waals surface area (Å²) in [7, 11) is -1.15. The van der Waals surface area contributed by atoms with Crippen molar-refractivity contribution in [2.75, 3.05) is 12.8 Å². The molecule has 1 N–H and O–H groups in total. The molecule has 1 rings (SSSR count). The van der Waals surface area contributed by atoms with Gasteiger partial charge < -0.3 is 5.32 Å². The fraction of sp³-hybridized carbons (Fsp3) is 0.538. The molecular formula is C13H21NO2S. The minimum atomic E-state index is -3.08. The van der Waals surface area contributed by atoms with Gasteiger partial charge in [-0.3, -0.25) is 0 Å². The number of sulfone groups is 1. The maximum Gasteiger partial charge on any atom is 0.178 e. The number of rotatable bonds is 5. The quantitative estimate of drug-likeness (QED) is 0.877. The molecule has 0 fully saturated rings. The molecule has 1 aromatic carbocycles. The summed E-state index contributed by atoms with van der Waals surface area (Å²) >= 11 is 0. The van der Waals surface area contributed by atoms with Crippen LogP contribution in [0, 0.1) is 0 Å². The molecule has 2 atom stereocenters. The Labute approximate surface area is 104 Å². The van der Waals surface area contributed by atoms with Crippen LogP contribution in [0.2, 0.25) is 0 Å². The van der Waals surface area contributed by atoms with Gasteiger partial charge in [-0.2, -0.15) is 0 Å². The minimum absolute atomic E-state index is 0.148. The molecule has 0 radical (unpaired) electrons. The van der Waals surface area contributed by atoms with Crippen LogP contribution in [0.1, 0.15) is 32.3 Å². The van der Waals surface area contributed by atoms with E-state index in [2.05, 4.69) is 19.2 Å². The van der Waals surface area contributed by atoms with Crippen LogP contribution in [0.5, 0.6) is 0 Å². The lowest BCUT2D eigenvalue weighted by molar-refractivity contribution is 0.524. The molecule has 0 saturated heterocycles. The Morgan fingerprint density at radius 3 is 2.12 bits per heavy atom. The Morgan fingerprint density at radius 2 is 1.71 bits per heavy atom. The molecule has 0 aliphatic carbocycles. The Balaban J connectivity index is 2.96. The van der Waals surface area contributed by atoms with Crippen LogP contribution in [0.3, 0.4) is 0 Å². The van der Waals surface area contributed by atoms with Crippen molar-refractivity contribution in [3.8, 4) is 0 Å². The molecule has 0 spiro atoms. The van der Waals surface area contributed by atoms with E-state index in [0.717, 1.165) is 5.56 Å². The van der Waals surface area contributed by atoms with Crippen molar-refractivity contribution < 1.29 is 8.42 Å². The Hall–Kier alpha value is -0.870. The van der Waals surface area contributed by atoms with E-state index >= 15 is 0 Å². The van der Waals surface area contributed by atoms with Gasteiger partial charge in [0.15, 0.2) is 9.84 Å². The first kappa shape index (κ1) is 14.2. The van der Waals surface area contributed by atoms with Crippen molar-refractivity contribution in [3.05, 3.63) is 29.8 Å². The third kappa shape index (κ3) is 3.30. The number of hydrogen-bond donors (Lipinski definition) is 1. The summed E-state index contributed by atoms with van der Waals surface area (Å²) in [4.78, 5) is 0.410. The minimum Gasteiger partial charge on any atom is -0.317 e. The van der Waals surface area contributed by atoms with Crippen molar-refractivity contribution in [1.82, 2.24) is 5.32 Å². The molecular weight excluding hydrogens is 234 g/mol. The highest BCUT2D eigenvalue weighted by molar-refractivity contribution is 7.91. The van der Waals surface area contributed by atoms with E-state index in [9.17, 15) is 8.42 Å². The van der Waals surface area contributed by atoms with Crippen molar-refractivity contribution in [3.63, 3.8) is 0 Å². The fourth-order valence-electron chi connectivity index (χ4n) is 1.68. The first-order valence-corrected chi connectivity index (χ1v) is 7.57. The summed E-state index contributed by atoms with van der Waals surface area (Å²) in [6, 6.07) is 7.57. The van der Waals surface area contributed by atoms with Crippen molar-refractivity contribution in [2.24, 2.45) is 0 Å². The van der Waals surface area contributed by atoms with Crippen LogP contribution in [0.15, 0.2) is 29.2 Å². The van der Waals surface area contributed by atoms with E-state index in [1.807, 2.05) is 19.2 Å². The standard InChI is InChI=1S/C13H21NO2S/c1-5-17(15,16)13-8-6-12(7-9-13)10(2)11(3)14-4/h6-11,14H,5H2,1-4H3. The number of hydrogen-bond acceptors (Lipinski definition) is 3. The van der Waals surface area contributed by atoms with E-state index < -0.39 is 9.84 Å². The third-order valence-corrected chi connectivity index (χ3v) is 5.10. The normalized spacial score (nSPS) is 15.5. The topological polar surface area (TPSA) is 46.2 Å². The molecule has 3 nitrogen and oxygen atoms in total. The van der Waals surface area contributed by atoms with E-state index in [1.54, 1.807) is 19.1 Å². The average Bonchev–Trinajstić information content (AvgIpc) is 2.37. The molecule has 0 amide bonds. The van der Waals surface area contributed by atoms with Crippen LogP contribution >= 0.6 is 0 Å². The van der Waals surface area contributed by atoms with Gasteiger partial charge in [0.1, 0.15) is 0 Å². The monoisotopic (exact) mass is 255 g/mol. The highest BCUT2D eigenvalue weighted by atomic mass is 32.2. The summed E-state index contributed by atoms with van der Waals surface area (Å²) < 4.78 is 23.3. The van der Waals surface area contributed by atoms with Crippen LogP contribution in [-0.4, -0.2) is 27.3 Å². The van der Waals surface area contributed by atoms with Crippen LogP contribution in [0.4, 0.5) is 0 Å². The van der Waals surface area contributed by atoms with Crippen molar-refractivity contribution in [1.29, 1.82) is 0 Å². The Bertz CT molecular complexity index is 451. The maximum absolute atomic E-state index is 11.7. The molecule has 1 aromatic rings. The second-order valence-corrected chi connectivity index (χ2v) is 6.62. The van der Waals surface area contributed by atoms with Gasteiger partial charge in [0.05, 0.1) is 10.6 Å². The molecule has 4 heteroatoms. The van der Waals surface area contributed by atoms with Gasteiger partial charge in [-0.05, 0) is 37.6 Å². The number of nitrogens with one attached hydrogen (secondary N) is 1. The molecule has 96 valence electrons. The second-order valence-electron chi connectivity index (χ2n) is 4.34. The highest BCUT2D eigenvalue weighted by Crippen LogP contribution is 2.21. The maximum atomic E-state index is 11.7. The largest absolute Gasteiger partial charge is 0.317 e. The molecule has 0 aliphatic rings. The molecule has 0 aromatic heterocycles. The predicted octanol–water partition coefficient (Wildman–Crippen LogP) is 2.19. The number of likely N-dealkylation sites (N-methyl/N-ethyl adjacent to an activating group) is 1. The lowest BCUT2D eigenvalue weighted by Gasteiger charge is -2.19. The second kappa shape index (κ2) is 5.65. The molecule has 0 bridgehead atoms. The van der Waals surface area contributed by atoms with E-state index in [1.165, 1.54) is 0 Å². The van der Waals surface area contributed by atoms with Gasteiger partial charge in [-0.1, -0.05) is 26.0 Å². The van der Waals surface area contributed by atoms with Gasteiger partial charge in [0.25, 0.3) is 0 Å². The first-order chi connectivity index (χ1) is 7.92. The first-order valence-electron chi connectivity index (χ1n) is 5.92. The van der Waals surface area contributed by atoms with Gasteiger partial charge in [0, 0.05) is 6.04 Å². The van der Waals surface area contributed by atoms with Gasteiger partial charge in [0.2, 0.25) is 0 Å². The fourth-order valence-corrected chi connectivity index (χ4v) is 2.57. The lowest BCUT2D eigenvalue weighted by atomic mass is 9.95. The van der Waals surface area contributed by atoms with Gasteiger partial charge >= 0.3 is 0 Å². The SMILES string of the molecule is CCS(=O)(=O)c1ccc(C(C)C(C)NC)cc1. The summed E-state index contributed by atoms with van der Waals surface area (Å²) in [5.41, 5.74) is 1.15. The zero-order valence-electron chi connectivity index (χ0n) is 10.9. The molecule has 0 aliphatic heterocycles. The Morgan fingerprint density at radius 1 is 1.18 bits per heavy atom. The van der Waals surface area contributed by atoms with Crippen LogP contribution in [-0.2, 0) is 9.84 Å². The Kier molecular flexibility index (Phi) is 4.71. The van der Waals surface area contributed by atoms with Crippen LogP contribution < -0.4 is 5.32 Å². The van der Waals surface area contributed by atoms with Crippen molar-refractivity contribution in [2.45, 2.75) is 37.6 Å². The molecule has 2 unspecified atom stereocenters. The summed E-state index contributed by atoms with van der Waals surface area (Å²) in [5.74, 6) is 0.507. The van der Waals surface area contributed by atoms with E-state index in [0.29, 0.717) is 16.9 Å². The molecule has 17 heavy (non-hydrogen) atoms. The van der Waals surface area contributed by atoms with Gasteiger partial charge in [-0.25, -0.2) is 8.42 Å². The number of benzene rings is 1. The van der Waals surface area contributed by atoms with Gasteiger partial charge in [-0.15, -0.1) is 0 Å². The third-order valence-electron chi connectivity index (χ3n) is 3.35. The van der Waals surface area contributed by atoms with Crippen molar-refractivity contribution >= 4 is 9.84 Å². The zero-order chi connectivity index (χ0) is 13.1. The highest BCUT2D eigenvalue weighted by Gasteiger charge is 2.15. The lowest BCUT2D eigenvalue weighted by Crippen LogP contribution is -2.27. The zero-order valence-corrected chi connectivity index (χ0v) is 11.7. The summed E-state index contributed by atoms with van der Waals surface area (Å²) in [5, 5.41) is 3.20. The van der Waals surface area contributed by atoms with Crippen LogP contribution in [0.25, 0.3) is 0 Å².